The van der Waals surface area contributed by atoms with Gasteiger partial charge in [-0.15, -0.1) is 0 Å². The first-order chi connectivity index (χ1) is 10.5. The van der Waals surface area contributed by atoms with Gasteiger partial charge in [0.15, 0.2) is 0 Å². The molecule has 1 aliphatic rings. The van der Waals surface area contributed by atoms with Crippen LogP contribution in [-0.2, 0) is 4.79 Å². The average Bonchev–Trinajstić information content (AvgIpc) is 2.90. The van der Waals surface area contributed by atoms with Crippen LogP contribution in [0.25, 0.3) is 11.8 Å². The maximum absolute atomic E-state index is 11.6. The number of hydrogen-bond acceptors (Lipinski definition) is 2. The van der Waals surface area contributed by atoms with Crippen molar-refractivity contribution in [2.75, 3.05) is 0 Å². The van der Waals surface area contributed by atoms with E-state index in [2.05, 4.69) is 10.6 Å². The lowest BCUT2D eigenvalue weighted by atomic mass is 10.2. The van der Waals surface area contributed by atoms with E-state index in [0.717, 1.165) is 22.6 Å². The maximum Gasteiger partial charge on any atom is 0.326 e. The van der Waals surface area contributed by atoms with Crippen molar-refractivity contribution in [1.82, 2.24) is 15.2 Å². The number of hydrogen-bond donors (Lipinski definition) is 2. The fourth-order valence-corrected chi connectivity index (χ4v) is 2.77. The van der Waals surface area contributed by atoms with E-state index in [9.17, 15) is 9.59 Å². The van der Waals surface area contributed by atoms with Crippen molar-refractivity contribution in [1.29, 1.82) is 0 Å². The molecule has 3 rings (SSSR count). The molecule has 22 heavy (non-hydrogen) atoms. The zero-order chi connectivity index (χ0) is 15.9. The zero-order valence-corrected chi connectivity index (χ0v) is 12.9. The molecule has 0 bridgehead atoms. The summed E-state index contributed by atoms with van der Waals surface area (Å²) in [5.41, 5.74) is 4.03. The molecule has 1 aliphatic heterocycles. The molecule has 1 aromatic carbocycles. The number of halogens is 1. The van der Waals surface area contributed by atoms with Crippen LogP contribution in [0.4, 0.5) is 4.79 Å². The van der Waals surface area contributed by atoms with Gasteiger partial charge in [0.1, 0.15) is 5.70 Å². The molecule has 5 nitrogen and oxygen atoms in total. The summed E-state index contributed by atoms with van der Waals surface area (Å²) in [6.07, 6.45) is 1.67. The number of nitrogens with one attached hydrogen (secondary N) is 2. The SMILES string of the molecule is Cc1cc(/C=C2/NC(=O)NC2=O)c(C)n1-c1cccc(Cl)c1. The van der Waals surface area contributed by atoms with Crippen molar-refractivity contribution in [3.05, 3.63) is 58.0 Å². The summed E-state index contributed by atoms with van der Waals surface area (Å²) in [7, 11) is 0. The number of benzene rings is 1. The lowest BCUT2D eigenvalue weighted by molar-refractivity contribution is -0.115. The second-order valence-electron chi connectivity index (χ2n) is 5.11. The van der Waals surface area contributed by atoms with Crippen LogP contribution in [-0.4, -0.2) is 16.5 Å². The van der Waals surface area contributed by atoms with Gasteiger partial charge in [0.05, 0.1) is 0 Å². The average molecular weight is 316 g/mol. The summed E-state index contributed by atoms with van der Waals surface area (Å²) in [5.74, 6) is -0.419. The molecular weight excluding hydrogens is 302 g/mol. The van der Waals surface area contributed by atoms with Gasteiger partial charge in [-0.3, -0.25) is 10.1 Å². The fraction of sp³-hybridized carbons (Fsp3) is 0.125. The van der Waals surface area contributed by atoms with E-state index in [1.807, 2.05) is 48.7 Å². The van der Waals surface area contributed by atoms with Crippen molar-refractivity contribution in [2.45, 2.75) is 13.8 Å². The standard InChI is InChI=1S/C16H14ClN3O2/c1-9-6-11(7-14-15(21)19-16(22)18-14)10(2)20(9)13-5-3-4-12(17)8-13/h3-8H,1-2H3,(H2,18,19,21,22)/b14-7+. The third-order valence-electron chi connectivity index (χ3n) is 3.56. The van der Waals surface area contributed by atoms with E-state index in [-0.39, 0.29) is 5.70 Å². The summed E-state index contributed by atoms with van der Waals surface area (Å²) in [6.45, 7) is 3.93. The Kier molecular flexibility index (Phi) is 3.50. The second-order valence-corrected chi connectivity index (χ2v) is 5.54. The van der Waals surface area contributed by atoms with Crippen LogP contribution in [0.5, 0.6) is 0 Å². The van der Waals surface area contributed by atoms with Gasteiger partial charge in [-0.25, -0.2) is 4.79 Å². The quantitative estimate of drug-likeness (QED) is 0.661. The summed E-state index contributed by atoms with van der Waals surface area (Å²) in [5, 5.41) is 5.33. The molecule has 0 aliphatic carbocycles. The molecule has 1 saturated heterocycles. The summed E-state index contributed by atoms with van der Waals surface area (Å²) < 4.78 is 2.05. The third-order valence-corrected chi connectivity index (χ3v) is 3.79. The van der Waals surface area contributed by atoms with E-state index in [1.54, 1.807) is 6.08 Å². The van der Waals surface area contributed by atoms with Crippen LogP contribution < -0.4 is 10.6 Å². The monoisotopic (exact) mass is 315 g/mol. The number of nitrogens with zero attached hydrogens (tertiary/aromatic N) is 1. The minimum Gasteiger partial charge on any atom is -0.318 e. The minimum atomic E-state index is -0.500. The number of amides is 3. The van der Waals surface area contributed by atoms with Crippen LogP contribution in [0.1, 0.15) is 17.0 Å². The Morgan fingerprint density at radius 2 is 1.91 bits per heavy atom. The molecule has 0 unspecified atom stereocenters. The molecule has 0 saturated carbocycles. The van der Waals surface area contributed by atoms with Gasteiger partial charge in [0, 0.05) is 22.1 Å². The molecule has 112 valence electrons. The number of urea groups is 1. The molecule has 1 aromatic heterocycles. The van der Waals surface area contributed by atoms with Crippen molar-refractivity contribution in [2.24, 2.45) is 0 Å². The molecule has 3 amide bonds. The molecule has 2 N–H and O–H groups in total. The first-order valence-electron chi connectivity index (χ1n) is 6.74. The van der Waals surface area contributed by atoms with E-state index < -0.39 is 11.9 Å². The summed E-state index contributed by atoms with van der Waals surface area (Å²) in [6, 6.07) is 9.01. The van der Waals surface area contributed by atoms with Crippen LogP contribution in [0.2, 0.25) is 5.02 Å². The largest absolute Gasteiger partial charge is 0.326 e. The van der Waals surface area contributed by atoms with Crippen LogP contribution >= 0.6 is 11.6 Å². The van der Waals surface area contributed by atoms with Crippen molar-refractivity contribution in [3.8, 4) is 5.69 Å². The smallest absolute Gasteiger partial charge is 0.318 e. The number of carbonyl (C=O) groups is 2. The highest BCUT2D eigenvalue weighted by Crippen LogP contribution is 2.24. The van der Waals surface area contributed by atoms with Crippen LogP contribution in [0, 0.1) is 13.8 Å². The van der Waals surface area contributed by atoms with E-state index in [4.69, 9.17) is 11.6 Å². The predicted molar refractivity (Wildman–Crippen MR) is 84.9 cm³/mol. The van der Waals surface area contributed by atoms with Gasteiger partial charge in [0.2, 0.25) is 0 Å². The maximum atomic E-state index is 11.6. The fourth-order valence-electron chi connectivity index (χ4n) is 2.58. The molecule has 2 heterocycles. The lowest BCUT2D eigenvalue weighted by Gasteiger charge is -2.10. The van der Waals surface area contributed by atoms with Gasteiger partial charge < -0.3 is 9.88 Å². The Morgan fingerprint density at radius 1 is 1.14 bits per heavy atom. The Hall–Kier alpha value is -2.53. The van der Waals surface area contributed by atoms with Gasteiger partial charge in [-0.05, 0) is 49.8 Å². The highest BCUT2D eigenvalue weighted by molar-refractivity contribution is 6.30. The predicted octanol–water partition coefficient (Wildman–Crippen LogP) is 2.93. The highest BCUT2D eigenvalue weighted by atomic mass is 35.5. The normalized spacial score (nSPS) is 16.0. The molecule has 1 fully saturated rings. The topological polar surface area (TPSA) is 63.1 Å². The van der Waals surface area contributed by atoms with Crippen molar-refractivity contribution < 1.29 is 9.59 Å². The molecule has 6 heteroatoms. The van der Waals surface area contributed by atoms with E-state index in [1.165, 1.54) is 0 Å². The van der Waals surface area contributed by atoms with Gasteiger partial charge in [0.25, 0.3) is 5.91 Å². The van der Waals surface area contributed by atoms with Crippen LogP contribution in [0.15, 0.2) is 36.0 Å². The Bertz CT molecular complexity index is 821. The molecule has 0 atom stereocenters. The molecule has 0 radical (unpaired) electrons. The number of rotatable bonds is 2. The summed E-state index contributed by atoms with van der Waals surface area (Å²) in [4.78, 5) is 22.8. The number of aromatic nitrogens is 1. The van der Waals surface area contributed by atoms with Crippen LogP contribution in [0.3, 0.4) is 0 Å². The Labute approximate surface area is 132 Å². The number of aryl methyl sites for hydroxylation is 1. The van der Waals surface area contributed by atoms with Gasteiger partial charge in [-0.1, -0.05) is 17.7 Å². The van der Waals surface area contributed by atoms with E-state index >= 15 is 0 Å². The highest BCUT2D eigenvalue weighted by Gasteiger charge is 2.23. The number of carbonyl (C=O) groups excluding carboxylic acids is 2. The molecule has 2 aromatic rings. The van der Waals surface area contributed by atoms with E-state index in [0.29, 0.717) is 5.02 Å². The minimum absolute atomic E-state index is 0.247. The molecule has 0 spiro atoms. The van der Waals surface area contributed by atoms with Crippen molar-refractivity contribution in [3.63, 3.8) is 0 Å². The lowest BCUT2D eigenvalue weighted by Crippen LogP contribution is -2.22. The first kappa shape index (κ1) is 14.4. The van der Waals surface area contributed by atoms with Gasteiger partial charge >= 0.3 is 6.03 Å². The second kappa shape index (κ2) is 5.35. The van der Waals surface area contributed by atoms with Gasteiger partial charge in [-0.2, -0.15) is 0 Å². The first-order valence-corrected chi connectivity index (χ1v) is 7.12. The molecular formula is C16H14ClN3O2. The Balaban J connectivity index is 2.06. The van der Waals surface area contributed by atoms with Crippen molar-refractivity contribution >= 4 is 29.6 Å². The zero-order valence-electron chi connectivity index (χ0n) is 12.1. The Morgan fingerprint density at radius 3 is 2.55 bits per heavy atom. The number of imide groups is 1. The summed E-state index contributed by atoms with van der Waals surface area (Å²) >= 11 is 6.05. The third kappa shape index (κ3) is 2.51.